The van der Waals surface area contributed by atoms with Crippen LogP contribution in [0.25, 0.3) is 0 Å². The first kappa shape index (κ1) is 7.69. The number of hydrogen-bond acceptors (Lipinski definition) is 2. The molecule has 0 bridgehead atoms. The second kappa shape index (κ2) is 3.12. The van der Waals surface area contributed by atoms with Gasteiger partial charge in [0.05, 0.1) is 0 Å². The third-order valence-electron chi connectivity index (χ3n) is 1.28. The van der Waals surface area contributed by atoms with E-state index in [2.05, 4.69) is 20.9 Å². The summed E-state index contributed by atoms with van der Waals surface area (Å²) in [5.74, 6) is 0. The van der Waals surface area contributed by atoms with Gasteiger partial charge in [0.15, 0.2) is 0 Å². The lowest BCUT2D eigenvalue weighted by Gasteiger charge is -2.05. The van der Waals surface area contributed by atoms with Crippen molar-refractivity contribution in [3.05, 3.63) is 28.5 Å². The van der Waals surface area contributed by atoms with Crippen molar-refractivity contribution in [1.82, 2.24) is 4.98 Å². The van der Waals surface area contributed by atoms with E-state index >= 15 is 0 Å². The fourth-order valence-corrected chi connectivity index (χ4v) is 1.35. The largest absolute Gasteiger partial charge is 0.324 e. The molecule has 1 rings (SSSR count). The molecule has 2 N–H and O–H groups in total. The molecule has 0 amide bonds. The molecular weight excluding hydrogens is 192 g/mol. The fraction of sp³-hybridized carbons (Fsp3) is 0.286. The van der Waals surface area contributed by atoms with Gasteiger partial charge in [0.25, 0.3) is 0 Å². The van der Waals surface area contributed by atoms with Gasteiger partial charge in [-0.25, -0.2) is 4.98 Å². The first-order valence-corrected chi connectivity index (χ1v) is 3.87. The average molecular weight is 201 g/mol. The van der Waals surface area contributed by atoms with Gasteiger partial charge in [-0.1, -0.05) is 6.07 Å². The second-order valence-corrected chi connectivity index (χ2v) is 2.92. The number of nitrogens with zero attached hydrogens (tertiary/aromatic N) is 1. The lowest BCUT2D eigenvalue weighted by atomic mass is 10.2. The summed E-state index contributed by atoms with van der Waals surface area (Å²) in [5, 5.41) is 0. The zero-order valence-electron chi connectivity index (χ0n) is 5.71. The average Bonchev–Trinajstić information content (AvgIpc) is 1.88. The highest BCUT2D eigenvalue weighted by Crippen LogP contribution is 2.17. The Morgan fingerprint density at radius 1 is 1.70 bits per heavy atom. The summed E-state index contributed by atoms with van der Waals surface area (Å²) in [6.07, 6.45) is 1.73. The SMILES string of the molecule is CC(N)c1cccnc1Br. The normalized spacial score (nSPS) is 13.1. The Bertz CT molecular complexity index is 223. The first-order chi connectivity index (χ1) is 4.72. The molecule has 0 radical (unpaired) electrons. The standard InChI is InChI=1S/C7H9BrN2/c1-5(9)6-3-2-4-10-7(6)8/h2-5H,9H2,1H3. The van der Waals surface area contributed by atoms with Crippen LogP contribution in [0, 0.1) is 0 Å². The summed E-state index contributed by atoms with van der Waals surface area (Å²) in [7, 11) is 0. The van der Waals surface area contributed by atoms with Crippen LogP contribution in [0.1, 0.15) is 18.5 Å². The predicted molar refractivity (Wildman–Crippen MR) is 44.5 cm³/mol. The predicted octanol–water partition coefficient (Wildman–Crippen LogP) is 1.86. The van der Waals surface area contributed by atoms with Crippen LogP contribution in [0.2, 0.25) is 0 Å². The highest BCUT2D eigenvalue weighted by Gasteiger charge is 2.02. The minimum atomic E-state index is 0.0445. The molecule has 0 saturated heterocycles. The van der Waals surface area contributed by atoms with Crippen LogP contribution in [-0.4, -0.2) is 4.98 Å². The van der Waals surface area contributed by atoms with Crippen LogP contribution in [-0.2, 0) is 0 Å². The van der Waals surface area contributed by atoms with Crippen molar-refractivity contribution in [2.75, 3.05) is 0 Å². The number of rotatable bonds is 1. The van der Waals surface area contributed by atoms with E-state index in [1.807, 2.05) is 19.1 Å². The van der Waals surface area contributed by atoms with E-state index in [0.717, 1.165) is 10.2 Å². The number of nitrogens with two attached hydrogens (primary N) is 1. The molecule has 1 aromatic heterocycles. The van der Waals surface area contributed by atoms with Crippen molar-refractivity contribution in [3.8, 4) is 0 Å². The zero-order valence-corrected chi connectivity index (χ0v) is 7.30. The molecule has 1 unspecified atom stereocenters. The molecule has 1 heterocycles. The summed E-state index contributed by atoms with van der Waals surface area (Å²) in [6, 6.07) is 3.88. The second-order valence-electron chi connectivity index (χ2n) is 2.17. The molecule has 0 aliphatic rings. The lowest BCUT2D eigenvalue weighted by molar-refractivity contribution is 0.804. The van der Waals surface area contributed by atoms with Crippen molar-refractivity contribution >= 4 is 15.9 Å². The van der Waals surface area contributed by atoms with Gasteiger partial charge in [-0.3, -0.25) is 0 Å². The molecule has 0 aliphatic carbocycles. The minimum Gasteiger partial charge on any atom is -0.324 e. The van der Waals surface area contributed by atoms with Gasteiger partial charge in [0.1, 0.15) is 4.60 Å². The summed E-state index contributed by atoms with van der Waals surface area (Å²) >= 11 is 3.31. The van der Waals surface area contributed by atoms with E-state index in [1.54, 1.807) is 6.20 Å². The minimum absolute atomic E-state index is 0.0445. The smallest absolute Gasteiger partial charge is 0.110 e. The molecular formula is C7H9BrN2. The molecule has 1 atom stereocenters. The maximum Gasteiger partial charge on any atom is 0.110 e. The van der Waals surface area contributed by atoms with Gasteiger partial charge in [-0.15, -0.1) is 0 Å². The highest BCUT2D eigenvalue weighted by atomic mass is 79.9. The van der Waals surface area contributed by atoms with Gasteiger partial charge in [0.2, 0.25) is 0 Å². The quantitative estimate of drug-likeness (QED) is 0.704. The third-order valence-corrected chi connectivity index (χ3v) is 1.94. The molecule has 3 heteroatoms. The van der Waals surface area contributed by atoms with Gasteiger partial charge in [-0.2, -0.15) is 0 Å². The third kappa shape index (κ3) is 1.55. The molecule has 2 nitrogen and oxygen atoms in total. The van der Waals surface area contributed by atoms with Crippen molar-refractivity contribution in [3.63, 3.8) is 0 Å². The number of aromatic nitrogens is 1. The summed E-state index contributed by atoms with van der Waals surface area (Å²) < 4.78 is 0.838. The number of hydrogen-bond donors (Lipinski definition) is 1. The maximum atomic E-state index is 5.64. The van der Waals surface area contributed by atoms with Gasteiger partial charge in [-0.05, 0) is 28.9 Å². The Morgan fingerprint density at radius 2 is 2.40 bits per heavy atom. The Labute approximate surface area is 68.6 Å². The van der Waals surface area contributed by atoms with Crippen molar-refractivity contribution < 1.29 is 0 Å². The summed E-state index contributed by atoms with van der Waals surface area (Å²) in [6.45, 7) is 1.93. The van der Waals surface area contributed by atoms with Crippen LogP contribution in [0.5, 0.6) is 0 Å². The Morgan fingerprint density at radius 3 is 2.80 bits per heavy atom. The fourth-order valence-electron chi connectivity index (χ4n) is 0.738. The van der Waals surface area contributed by atoms with E-state index in [0.29, 0.717) is 0 Å². The molecule has 54 valence electrons. The molecule has 0 fully saturated rings. The van der Waals surface area contributed by atoms with Crippen LogP contribution in [0.3, 0.4) is 0 Å². The van der Waals surface area contributed by atoms with Crippen LogP contribution >= 0.6 is 15.9 Å². The van der Waals surface area contributed by atoms with Crippen LogP contribution in [0.15, 0.2) is 22.9 Å². The molecule has 1 aromatic rings. The van der Waals surface area contributed by atoms with E-state index in [4.69, 9.17) is 5.73 Å². The van der Waals surface area contributed by atoms with Crippen LogP contribution in [0.4, 0.5) is 0 Å². The van der Waals surface area contributed by atoms with Crippen molar-refractivity contribution in [2.24, 2.45) is 5.73 Å². The van der Waals surface area contributed by atoms with Crippen LogP contribution < -0.4 is 5.73 Å². The van der Waals surface area contributed by atoms with Gasteiger partial charge < -0.3 is 5.73 Å². The number of halogens is 1. The molecule has 0 spiro atoms. The first-order valence-electron chi connectivity index (χ1n) is 3.08. The van der Waals surface area contributed by atoms with Gasteiger partial charge >= 0.3 is 0 Å². The Hall–Kier alpha value is -0.410. The highest BCUT2D eigenvalue weighted by molar-refractivity contribution is 9.10. The molecule has 0 aliphatic heterocycles. The lowest BCUT2D eigenvalue weighted by Crippen LogP contribution is -2.05. The molecule has 0 aromatic carbocycles. The Balaban J connectivity index is 3.03. The summed E-state index contributed by atoms with van der Waals surface area (Å²) in [5.41, 5.74) is 6.69. The molecule has 0 saturated carbocycles. The van der Waals surface area contributed by atoms with E-state index < -0.39 is 0 Å². The summed E-state index contributed by atoms with van der Waals surface area (Å²) in [4.78, 5) is 4.04. The maximum absolute atomic E-state index is 5.64. The Kier molecular flexibility index (Phi) is 2.40. The van der Waals surface area contributed by atoms with Gasteiger partial charge in [0, 0.05) is 17.8 Å². The number of pyridine rings is 1. The van der Waals surface area contributed by atoms with E-state index in [9.17, 15) is 0 Å². The van der Waals surface area contributed by atoms with Crippen molar-refractivity contribution in [2.45, 2.75) is 13.0 Å². The molecule has 10 heavy (non-hydrogen) atoms. The van der Waals surface area contributed by atoms with Crippen molar-refractivity contribution in [1.29, 1.82) is 0 Å². The zero-order chi connectivity index (χ0) is 7.56. The monoisotopic (exact) mass is 200 g/mol. The van der Waals surface area contributed by atoms with E-state index in [1.165, 1.54) is 0 Å². The van der Waals surface area contributed by atoms with E-state index in [-0.39, 0.29) is 6.04 Å². The topological polar surface area (TPSA) is 38.9 Å².